The lowest BCUT2D eigenvalue weighted by atomic mass is 9.90. The molecule has 9 nitrogen and oxygen atoms in total. The average molecular weight is 777 g/mol. The van der Waals surface area contributed by atoms with E-state index in [1.165, 1.54) is 13.0 Å². The fraction of sp³-hybridized carbons (Fsp3) is 0.400. The fourth-order valence-electron chi connectivity index (χ4n) is 7.95. The molecule has 4 aromatic carbocycles. The van der Waals surface area contributed by atoms with Crippen LogP contribution in [0.5, 0.6) is 0 Å². The van der Waals surface area contributed by atoms with Crippen LogP contribution in [-0.4, -0.2) is 76.2 Å². The van der Waals surface area contributed by atoms with Crippen LogP contribution in [0, 0.1) is 5.82 Å². The normalized spacial score (nSPS) is 21.0. The lowest BCUT2D eigenvalue weighted by molar-refractivity contribution is -0.157. The van der Waals surface area contributed by atoms with Gasteiger partial charge in [-0.2, -0.15) is 5.10 Å². The Morgan fingerprint density at radius 1 is 0.804 bits per heavy atom. The van der Waals surface area contributed by atoms with Gasteiger partial charge in [0.05, 0.1) is 29.4 Å². The predicted octanol–water partition coefficient (Wildman–Crippen LogP) is 8.87. The number of nitrogens with zero attached hydrogens (tertiary/aromatic N) is 4. The molecule has 4 atom stereocenters. The second-order valence-corrected chi connectivity index (χ2v) is 22.5. The van der Waals surface area contributed by atoms with Crippen LogP contribution in [0.15, 0.2) is 103 Å². The number of ether oxygens (including phenoxy) is 3. The molecule has 2 saturated heterocycles. The van der Waals surface area contributed by atoms with E-state index in [2.05, 4.69) is 61.1 Å². The number of ketones is 1. The molecule has 0 N–H and O–H groups in total. The SMILES string of the molecule is CC(=O)c1cc(CN2C(=O)N(Cc3ccc4c(cnn4COCC[Si](C)(C)C)c3)[C@H](Cc3ccccc3)[C@@H]3OC(C)(C)O[C@H]3[C@H]2Cc2ccccc2)ccc1F. The van der Waals surface area contributed by atoms with E-state index in [0.29, 0.717) is 38.3 Å². The lowest BCUT2D eigenvalue weighted by Crippen LogP contribution is -2.51. The van der Waals surface area contributed by atoms with Crippen LogP contribution in [0.25, 0.3) is 10.9 Å². The number of carbonyl (C=O) groups is 2. The van der Waals surface area contributed by atoms with Gasteiger partial charge in [-0.3, -0.25) is 4.79 Å². The third kappa shape index (κ3) is 9.13. The molecule has 56 heavy (non-hydrogen) atoms. The molecule has 2 fully saturated rings. The zero-order chi connectivity index (χ0) is 39.6. The first kappa shape index (κ1) is 39.5. The van der Waals surface area contributed by atoms with Crippen LogP contribution in [0.4, 0.5) is 9.18 Å². The summed E-state index contributed by atoms with van der Waals surface area (Å²) >= 11 is 0. The highest BCUT2D eigenvalue weighted by Gasteiger charge is 2.55. The Labute approximate surface area is 330 Å². The van der Waals surface area contributed by atoms with Crippen LogP contribution in [0.1, 0.15) is 53.4 Å². The highest BCUT2D eigenvalue weighted by molar-refractivity contribution is 6.76. The summed E-state index contributed by atoms with van der Waals surface area (Å²) in [5, 5.41) is 5.60. The summed E-state index contributed by atoms with van der Waals surface area (Å²) in [6, 6.07) is 31.0. The summed E-state index contributed by atoms with van der Waals surface area (Å²) in [6.45, 7) is 13.7. The molecule has 2 aliphatic rings. The van der Waals surface area contributed by atoms with E-state index in [-0.39, 0.29) is 23.9 Å². The standard InChI is InChI=1S/C45H53FN4O5Si/c1-31(51)37-24-35(17-19-38(37)46)29-49-41(26-33-15-11-8-12-16-33)43-42(54-45(2,3)55-43)40(25-32-13-9-7-10-14-32)48(44(49)52)28-34-18-20-39-36(23-34)27-47-50(39)30-53-21-22-56(4,5)6/h7-20,23-24,27,40-43H,21-22,25-26,28-30H2,1-6H3/t40-,41-,42+,43+/m1/s1. The molecule has 5 aromatic rings. The van der Waals surface area contributed by atoms with Crippen LogP contribution < -0.4 is 0 Å². The van der Waals surface area contributed by atoms with E-state index in [0.717, 1.165) is 33.6 Å². The van der Waals surface area contributed by atoms with Crippen LogP contribution >= 0.6 is 0 Å². The third-order valence-electron chi connectivity index (χ3n) is 10.8. The number of fused-ring (bicyclic) bond motifs is 2. The maximum atomic E-state index is 15.5. The van der Waals surface area contributed by atoms with Crippen LogP contribution in [0.3, 0.4) is 0 Å². The van der Waals surface area contributed by atoms with Crippen molar-refractivity contribution in [2.45, 2.75) is 109 Å². The second-order valence-electron chi connectivity index (χ2n) is 16.9. The van der Waals surface area contributed by atoms with Crippen molar-refractivity contribution in [1.29, 1.82) is 0 Å². The summed E-state index contributed by atoms with van der Waals surface area (Å²) in [7, 11) is -1.21. The minimum atomic E-state index is -1.21. The highest BCUT2D eigenvalue weighted by Crippen LogP contribution is 2.40. The minimum Gasteiger partial charge on any atom is -0.360 e. The number of hydrogen-bond acceptors (Lipinski definition) is 6. The number of halogens is 1. The predicted molar refractivity (Wildman–Crippen MR) is 218 cm³/mol. The second kappa shape index (κ2) is 16.4. The van der Waals surface area contributed by atoms with Gasteiger partial charge in [-0.05, 0) is 86.2 Å². The number of urea groups is 1. The molecule has 2 amide bonds. The van der Waals surface area contributed by atoms with E-state index < -0.39 is 44.0 Å². The number of benzene rings is 4. The number of rotatable bonds is 14. The van der Waals surface area contributed by atoms with Gasteiger partial charge in [-0.1, -0.05) is 92.4 Å². The topological polar surface area (TPSA) is 86.1 Å². The molecule has 0 spiro atoms. The van der Waals surface area contributed by atoms with Gasteiger partial charge < -0.3 is 24.0 Å². The Hall–Kier alpha value is -4.68. The molecule has 0 radical (unpaired) electrons. The molecular weight excluding hydrogens is 724 g/mol. The highest BCUT2D eigenvalue weighted by atomic mass is 28.3. The van der Waals surface area contributed by atoms with Crippen LogP contribution in [0.2, 0.25) is 25.7 Å². The maximum absolute atomic E-state index is 15.5. The van der Waals surface area contributed by atoms with Crippen molar-refractivity contribution < 1.29 is 28.2 Å². The van der Waals surface area contributed by atoms with E-state index in [1.54, 1.807) is 12.1 Å². The lowest BCUT2D eigenvalue weighted by Gasteiger charge is -2.37. The molecule has 294 valence electrons. The Bertz CT molecular complexity index is 2150. The summed E-state index contributed by atoms with van der Waals surface area (Å²) in [5.74, 6) is -1.87. The molecule has 0 aliphatic carbocycles. The third-order valence-corrected chi connectivity index (χ3v) is 12.5. The monoisotopic (exact) mass is 776 g/mol. The van der Waals surface area contributed by atoms with E-state index in [4.69, 9.17) is 14.2 Å². The number of carbonyl (C=O) groups excluding carboxylic acids is 2. The van der Waals surface area contributed by atoms with Crippen molar-refractivity contribution in [1.82, 2.24) is 19.6 Å². The summed E-state index contributed by atoms with van der Waals surface area (Å²) in [6.07, 6.45) is 1.92. The molecule has 0 saturated carbocycles. The van der Waals surface area contributed by atoms with Crippen molar-refractivity contribution in [3.8, 4) is 0 Å². The minimum absolute atomic E-state index is 0.00190. The molecule has 7 rings (SSSR count). The first-order valence-electron chi connectivity index (χ1n) is 19.6. The quantitative estimate of drug-likeness (QED) is 0.0637. The zero-order valence-electron chi connectivity index (χ0n) is 33.3. The molecule has 1 aromatic heterocycles. The van der Waals surface area contributed by atoms with Crippen molar-refractivity contribution in [2.75, 3.05) is 6.61 Å². The van der Waals surface area contributed by atoms with E-state index in [1.807, 2.05) is 77.0 Å². The number of hydrogen-bond donors (Lipinski definition) is 0. The van der Waals surface area contributed by atoms with Gasteiger partial charge in [0, 0.05) is 33.2 Å². The van der Waals surface area contributed by atoms with Gasteiger partial charge in [-0.15, -0.1) is 0 Å². The van der Waals surface area contributed by atoms with Gasteiger partial charge in [0.15, 0.2) is 11.6 Å². The molecule has 11 heteroatoms. The number of Topliss-reactive ketones (excluding diaryl/α,β-unsaturated/α-hetero) is 1. The molecule has 2 aliphatic heterocycles. The fourth-order valence-corrected chi connectivity index (χ4v) is 8.71. The van der Waals surface area contributed by atoms with Crippen molar-refractivity contribution in [3.63, 3.8) is 0 Å². The van der Waals surface area contributed by atoms with Gasteiger partial charge in [0.25, 0.3) is 0 Å². The van der Waals surface area contributed by atoms with Gasteiger partial charge in [-0.25, -0.2) is 13.9 Å². The van der Waals surface area contributed by atoms with Crippen LogP contribution in [-0.2, 0) is 46.9 Å². The van der Waals surface area contributed by atoms with Crippen molar-refractivity contribution in [2.24, 2.45) is 0 Å². The Balaban J connectivity index is 1.29. The zero-order valence-corrected chi connectivity index (χ0v) is 34.3. The van der Waals surface area contributed by atoms with Gasteiger partial charge >= 0.3 is 6.03 Å². The maximum Gasteiger partial charge on any atom is 0.321 e. The Morgan fingerprint density at radius 3 is 1.91 bits per heavy atom. The molecule has 0 unspecified atom stereocenters. The van der Waals surface area contributed by atoms with Gasteiger partial charge in [0.1, 0.15) is 24.8 Å². The first-order chi connectivity index (χ1) is 26.7. The summed E-state index contributed by atoms with van der Waals surface area (Å²) in [4.78, 5) is 31.7. The van der Waals surface area contributed by atoms with E-state index in [9.17, 15) is 9.18 Å². The average Bonchev–Trinajstić information content (AvgIpc) is 3.70. The smallest absolute Gasteiger partial charge is 0.321 e. The Morgan fingerprint density at radius 2 is 1.36 bits per heavy atom. The van der Waals surface area contributed by atoms with Crippen molar-refractivity contribution in [3.05, 3.63) is 137 Å². The first-order valence-corrected chi connectivity index (χ1v) is 23.3. The summed E-state index contributed by atoms with van der Waals surface area (Å²) < 4.78 is 36.4. The summed E-state index contributed by atoms with van der Waals surface area (Å²) in [5.41, 5.74) is 4.68. The van der Waals surface area contributed by atoms with Crippen molar-refractivity contribution >= 4 is 30.8 Å². The number of aromatic nitrogens is 2. The van der Waals surface area contributed by atoms with E-state index >= 15 is 4.79 Å². The molecule has 0 bridgehead atoms. The molecular formula is C45H53FN4O5Si. The Kier molecular flexibility index (Phi) is 11.6. The molecule has 3 heterocycles. The number of amides is 2. The van der Waals surface area contributed by atoms with Gasteiger partial charge in [0.2, 0.25) is 0 Å². The largest absolute Gasteiger partial charge is 0.360 e.